The lowest BCUT2D eigenvalue weighted by Gasteiger charge is -2.31. The quantitative estimate of drug-likeness (QED) is 0.352. The lowest BCUT2D eigenvalue weighted by atomic mass is 9.80. The molecule has 0 aromatic heterocycles. The smallest absolute Gasteiger partial charge is 0.312 e. The predicted octanol–water partition coefficient (Wildman–Crippen LogP) is 3.16. The standard InChI is InChI=1S/C13H22F3N3/c14-13(15,16)10-5-3-4-9(8-10)12(19-17)18-11-6-1-2-7-11/h9-11H,1-8,17H2,(H,18,19). The van der Waals surface area contributed by atoms with E-state index in [9.17, 15) is 13.2 Å². The number of amidine groups is 1. The normalized spacial score (nSPS) is 30.6. The van der Waals surface area contributed by atoms with Gasteiger partial charge in [-0.2, -0.15) is 13.2 Å². The molecule has 0 heterocycles. The molecule has 0 radical (unpaired) electrons. The first kappa shape index (κ1) is 14.6. The van der Waals surface area contributed by atoms with Gasteiger partial charge in [-0.15, -0.1) is 0 Å². The van der Waals surface area contributed by atoms with Crippen LogP contribution in [0.3, 0.4) is 0 Å². The summed E-state index contributed by atoms with van der Waals surface area (Å²) in [5.41, 5.74) is 2.55. The van der Waals surface area contributed by atoms with E-state index in [0.29, 0.717) is 12.3 Å². The molecule has 0 bridgehead atoms. The van der Waals surface area contributed by atoms with Gasteiger partial charge in [-0.3, -0.25) is 4.99 Å². The average molecular weight is 277 g/mol. The number of nitrogens with one attached hydrogen (secondary N) is 1. The molecule has 2 aliphatic carbocycles. The number of hydrazine groups is 1. The zero-order valence-corrected chi connectivity index (χ0v) is 11.0. The highest BCUT2D eigenvalue weighted by molar-refractivity contribution is 5.84. The van der Waals surface area contributed by atoms with Crippen LogP contribution in [-0.4, -0.2) is 18.1 Å². The molecule has 3 nitrogen and oxygen atoms in total. The minimum absolute atomic E-state index is 0.124. The number of aliphatic imine (C=N–C) groups is 1. The summed E-state index contributed by atoms with van der Waals surface area (Å²) in [6.45, 7) is 0. The first-order chi connectivity index (χ1) is 9.00. The number of hydrogen-bond acceptors (Lipinski definition) is 2. The Balaban J connectivity index is 2.01. The summed E-state index contributed by atoms with van der Waals surface area (Å²) >= 11 is 0. The first-order valence-electron chi connectivity index (χ1n) is 7.11. The van der Waals surface area contributed by atoms with E-state index in [-0.39, 0.29) is 24.8 Å². The molecule has 2 unspecified atom stereocenters. The summed E-state index contributed by atoms with van der Waals surface area (Å²) in [4.78, 5) is 4.55. The summed E-state index contributed by atoms with van der Waals surface area (Å²) in [5.74, 6) is 4.70. The van der Waals surface area contributed by atoms with Gasteiger partial charge >= 0.3 is 6.18 Å². The second-order valence-corrected chi connectivity index (χ2v) is 5.70. The van der Waals surface area contributed by atoms with Gasteiger partial charge in [0.15, 0.2) is 0 Å². The summed E-state index contributed by atoms with van der Waals surface area (Å²) < 4.78 is 38.4. The highest BCUT2D eigenvalue weighted by Crippen LogP contribution is 2.40. The van der Waals surface area contributed by atoms with Gasteiger partial charge in [0.1, 0.15) is 5.84 Å². The summed E-state index contributed by atoms with van der Waals surface area (Å²) in [7, 11) is 0. The monoisotopic (exact) mass is 277 g/mol. The van der Waals surface area contributed by atoms with E-state index in [1.54, 1.807) is 0 Å². The van der Waals surface area contributed by atoms with Crippen LogP contribution in [-0.2, 0) is 0 Å². The topological polar surface area (TPSA) is 50.4 Å². The Morgan fingerprint density at radius 1 is 1.05 bits per heavy atom. The van der Waals surface area contributed by atoms with E-state index in [1.807, 2.05) is 0 Å². The molecule has 2 fully saturated rings. The Morgan fingerprint density at radius 2 is 1.74 bits per heavy atom. The fraction of sp³-hybridized carbons (Fsp3) is 0.923. The third kappa shape index (κ3) is 3.84. The van der Waals surface area contributed by atoms with Crippen molar-refractivity contribution in [2.45, 2.75) is 63.6 Å². The van der Waals surface area contributed by atoms with Crippen molar-refractivity contribution in [3.05, 3.63) is 0 Å². The summed E-state index contributed by atoms with van der Waals surface area (Å²) in [6.07, 6.45) is 1.99. The number of hydrogen-bond donors (Lipinski definition) is 2. The number of rotatable bonds is 2. The van der Waals surface area contributed by atoms with Crippen LogP contribution in [0.5, 0.6) is 0 Å². The fourth-order valence-corrected chi connectivity index (χ4v) is 3.23. The lowest BCUT2D eigenvalue weighted by Crippen LogP contribution is -2.41. The Labute approximate surface area is 111 Å². The third-order valence-electron chi connectivity index (χ3n) is 4.32. The van der Waals surface area contributed by atoms with Crippen molar-refractivity contribution < 1.29 is 13.2 Å². The molecule has 0 aromatic rings. The van der Waals surface area contributed by atoms with E-state index < -0.39 is 12.1 Å². The van der Waals surface area contributed by atoms with Gasteiger partial charge in [0.25, 0.3) is 0 Å². The minimum atomic E-state index is -4.09. The summed E-state index contributed by atoms with van der Waals surface area (Å²) in [5, 5.41) is 0. The van der Waals surface area contributed by atoms with Crippen LogP contribution in [0.1, 0.15) is 51.4 Å². The maximum atomic E-state index is 12.8. The second kappa shape index (κ2) is 6.11. The first-order valence-corrected chi connectivity index (χ1v) is 7.11. The third-order valence-corrected chi connectivity index (χ3v) is 4.32. The molecule has 6 heteroatoms. The van der Waals surface area contributed by atoms with Crippen LogP contribution in [0.15, 0.2) is 4.99 Å². The zero-order chi connectivity index (χ0) is 13.9. The van der Waals surface area contributed by atoms with Gasteiger partial charge < -0.3 is 5.43 Å². The van der Waals surface area contributed by atoms with E-state index in [0.717, 1.165) is 32.1 Å². The molecule has 0 saturated heterocycles. The van der Waals surface area contributed by atoms with Gasteiger partial charge in [-0.05, 0) is 32.1 Å². The molecule has 0 amide bonds. The Kier molecular flexibility index (Phi) is 4.71. The zero-order valence-electron chi connectivity index (χ0n) is 11.0. The maximum absolute atomic E-state index is 12.8. The molecule has 110 valence electrons. The van der Waals surface area contributed by atoms with Crippen molar-refractivity contribution in [1.29, 1.82) is 0 Å². The van der Waals surface area contributed by atoms with Crippen molar-refractivity contribution in [3.63, 3.8) is 0 Å². The van der Waals surface area contributed by atoms with Gasteiger partial charge in [-0.25, -0.2) is 5.84 Å². The Bertz CT molecular complexity index is 322. The highest BCUT2D eigenvalue weighted by atomic mass is 19.4. The SMILES string of the molecule is NNC(=NC1CCCC1)C1CCCC(C(F)(F)F)C1. The van der Waals surface area contributed by atoms with Crippen molar-refractivity contribution >= 4 is 5.84 Å². The largest absolute Gasteiger partial charge is 0.391 e. The molecule has 0 aromatic carbocycles. The molecular weight excluding hydrogens is 255 g/mol. The number of nitrogens with two attached hydrogens (primary N) is 1. The average Bonchev–Trinajstić information content (AvgIpc) is 2.88. The second-order valence-electron chi connectivity index (χ2n) is 5.70. The summed E-state index contributed by atoms with van der Waals surface area (Å²) in [6, 6.07) is 0.248. The van der Waals surface area contributed by atoms with E-state index in [2.05, 4.69) is 10.4 Å². The van der Waals surface area contributed by atoms with Gasteiger partial charge in [-0.1, -0.05) is 19.3 Å². The van der Waals surface area contributed by atoms with Crippen LogP contribution in [0, 0.1) is 11.8 Å². The van der Waals surface area contributed by atoms with Crippen LogP contribution >= 0.6 is 0 Å². The van der Waals surface area contributed by atoms with Gasteiger partial charge in [0.2, 0.25) is 0 Å². The molecule has 0 spiro atoms. The van der Waals surface area contributed by atoms with Crippen molar-refractivity contribution in [2.24, 2.45) is 22.7 Å². The van der Waals surface area contributed by atoms with Crippen LogP contribution in [0.4, 0.5) is 13.2 Å². The van der Waals surface area contributed by atoms with Crippen LogP contribution in [0.2, 0.25) is 0 Å². The number of nitrogens with zero attached hydrogens (tertiary/aromatic N) is 1. The maximum Gasteiger partial charge on any atom is 0.391 e. The lowest BCUT2D eigenvalue weighted by molar-refractivity contribution is -0.183. The fourth-order valence-electron chi connectivity index (χ4n) is 3.23. The predicted molar refractivity (Wildman–Crippen MR) is 68.5 cm³/mol. The Morgan fingerprint density at radius 3 is 2.32 bits per heavy atom. The molecule has 2 aliphatic rings. The minimum Gasteiger partial charge on any atom is -0.312 e. The molecule has 2 saturated carbocycles. The van der Waals surface area contributed by atoms with Crippen molar-refractivity contribution in [3.8, 4) is 0 Å². The molecular formula is C13H22F3N3. The van der Waals surface area contributed by atoms with Crippen LogP contribution in [0.25, 0.3) is 0 Å². The van der Waals surface area contributed by atoms with Crippen molar-refractivity contribution in [2.75, 3.05) is 0 Å². The van der Waals surface area contributed by atoms with Gasteiger partial charge in [0, 0.05) is 5.92 Å². The number of alkyl halides is 3. The molecule has 19 heavy (non-hydrogen) atoms. The molecule has 0 aliphatic heterocycles. The number of halogens is 3. The molecule has 2 atom stereocenters. The van der Waals surface area contributed by atoms with Crippen molar-refractivity contribution in [1.82, 2.24) is 5.43 Å². The molecule has 2 rings (SSSR count). The van der Waals surface area contributed by atoms with E-state index >= 15 is 0 Å². The van der Waals surface area contributed by atoms with E-state index in [4.69, 9.17) is 5.84 Å². The van der Waals surface area contributed by atoms with Gasteiger partial charge in [0.05, 0.1) is 12.0 Å². The Hall–Kier alpha value is -0.780. The van der Waals surface area contributed by atoms with E-state index in [1.165, 1.54) is 0 Å². The molecule has 3 N–H and O–H groups in total. The van der Waals surface area contributed by atoms with Crippen LogP contribution < -0.4 is 11.3 Å². The highest BCUT2D eigenvalue weighted by Gasteiger charge is 2.43.